The lowest BCUT2D eigenvalue weighted by atomic mass is 9.93. The van der Waals surface area contributed by atoms with Crippen LogP contribution in [-0.4, -0.2) is 50.4 Å². The molecule has 2 heterocycles. The number of ether oxygens (including phenoxy) is 1. The van der Waals surface area contributed by atoms with Gasteiger partial charge in [0.25, 0.3) is 0 Å². The zero-order valence-electron chi connectivity index (χ0n) is 20.3. The molecule has 2 atom stereocenters. The first-order chi connectivity index (χ1) is 16.1. The predicted octanol–water partition coefficient (Wildman–Crippen LogP) is 4.89. The lowest BCUT2D eigenvalue weighted by Crippen LogP contribution is -2.42. The Morgan fingerprint density at radius 3 is 2.60 bits per heavy atom. The molecule has 2 aliphatic rings. The number of Topliss-reactive ketones (excluding diaryl/α,β-unsaturated/α-hetero) is 1. The van der Waals surface area contributed by atoms with Crippen LogP contribution in [-0.2, 0) is 20.9 Å². The third kappa shape index (κ3) is 7.18. The van der Waals surface area contributed by atoms with E-state index in [-0.39, 0.29) is 47.7 Å². The molecule has 0 amide bonds. The Labute approximate surface area is 217 Å². The number of esters is 1. The number of carbonyl (C=O) groups excluding carboxylic acids is 2. The van der Waals surface area contributed by atoms with E-state index >= 15 is 0 Å². The van der Waals surface area contributed by atoms with Crippen LogP contribution in [0.25, 0.3) is 6.08 Å². The van der Waals surface area contributed by atoms with E-state index in [4.69, 9.17) is 17.4 Å². The maximum absolute atomic E-state index is 14.7. The van der Waals surface area contributed by atoms with E-state index in [1.807, 2.05) is 32.9 Å². The molecule has 2 unspecified atom stereocenters. The molecule has 2 fully saturated rings. The maximum atomic E-state index is 14.7. The van der Waals surface area contributed by atoms with Crippen LogP contribution in [0.1, 0.15) is 57.3 Å². The van der Waals surface area contributed by atoms with E-state index in [0.29, 0.717) is 24.3 Å². The fourth-order valence-electron chi connectivity index (χ4n) is 4.31. The smallest absolute Gasteiger partial charge is 0.328 e. The van der Waals surface area contributed by atoms with Gasteiger partial charge in [-0.25, -0.2) is 4.39 Å². The summed E-state index contributed by atoms with van der Waals surface area (Å²) in [5, 5.41) is 4.50. The van der Waals surface area contributed by atoms with Gasteiger partial charge in [-0.2, -0.15) is 17.7 Å². The number of likely N-dealkylation sites (tertiary alicyclic amines) is 1. The van der Waals surface area contributed by atoms with Gasteiger partial charge < -0.3 is 4.74 Å². The number of benzene rings is 1. The topological polar surface area (TPSA) is 64.4 Å². The Morgan fingerprint density at radius 2 is 1.94 bits per heavy atom. The Morgan fingerprint density at radius 1 is 1.23 bits per heavy atom. The Hall–Kier alpha value is -2.16. The number of rotatable bonds is 7. The van der Waals surface area contributed by atoms with Crippen LogP contribution in [0.5, 0.6) is 0 Å². The molecule has 1 aromatic heterocycles. The average molecular weight is 522 g/mol. The van der Waals surface area contributed by atoms with Gasteiger partial charge in [-0.1, -0.05) is 18.2 Å². The van der Waals surface area contributed by atoms with Crippen molar-refractivity contribution < 1.29 is 18.7 Å². The molecule has 0 bridgehead atoms. The molecule has 1 saturated carbocycles. The minimum absolute atomic E-state index is 0. The molecule has 6 nitrogen and oxygen atoms in total. The molecule has 9 heteroatoms. The van der Waals surface area contributed by atoms with Crippen molar-refractivity contribution in [3.8, 4) is 0 Å². The van der Waals surface area contributed by atoms with Gasteiger partial charge in [0.15, 0.2) is 5.78 Å². The quantitative estimate of drug-likeness (QED) is 0.415. The molecule has 1 aliphatic heterocycles. The van der Waals surface area contributed by atoms with Gasteiger partial charge in [0, 0.05) is 36.0 Å². The molecule has 2 aromatic rings. The number of halogens is 2. The lowest BCUT2D eigenvalue weighted by Gasteiger charge is -2.37. The van der Waals surface area contributed by atoms with Crippen LogP contribution in [0.2, 0.25) is 0 Å². The number of hydrogen-bond donors (Lipinski definition) is 1. The van der Waals surface area contributed by atoms with E-state index in [1.54, 1.807) is 29.1 Å². The third-order valence-corrected chi connectivity index (χ3v) is 6.61. The highest BCUT2D eigenvalue weighted by Gasteiger charge is 2.40. The third-order valence-electron chi connectivity index (χ3n) is 6.02. The van der Waals surface area contributed by atoms with Gasteiger partial charge in [0.2, 0.25) is 0 Å². The van der Waals surface area contributed by atoms with E-state index in [2.05, 4.69) is 10.00 Å². The van der Waals surface area contributed by atoms with Crippen LogP contribution in [0, 0.1) is 11.7 Å². The van der Waals surface area contributed by atoms with Crippen molar-refractivity contribution in [2.75, 3.05) is 13.1 Å². The second-order valence-corrected chi connectivity index (χ2v) is 10.7. The van der Waals surface area contributed by atoms with Gasteiger partial charge in [-0.05, 0) is 63.8 Å². The molecular formula is C26H33ClFN3O3S. The Bertz CT molecular complexity index is 1090. The standard InChI is InChI=1S/C26H32FN3O3S.ClH/c1-26(2,3)33-23(31)16-30-13-10-19(28-30)14-18-15-29(12-11-22(18)34)24(25(32)17-8-9-17)20-6-4-5-7-21(20)27;/h4-7,10,13-14,17,22,24,34H,8-9,11-12,15-16H2,1-3H3;1H/b18-14-;. The molecule has 35 heavy (non-hydrogen) atoms. The number of thiol groups is 1. The van der Waals surface area contributed by atoms with Crippen molar-refractivity contribution in [3.63, 3.8) is 0 Å². The van der Waals surface area contributed by atoms with E-state index in [9.17, 15) is 14.0 Å². The van der Waals surface area contributed by atoms with E-state index < -0.39 is 11.6 Å². The fourth-order valence-corrected chi connectivity index (χ4v) is 4.58. The normalized spacial score (nSPS) is 20.8. The summed E-state index contributed by atoms with van der Waals surface area (Å²) >= 11 is 4.75. The molecular weight excluding hydrogens is 489 g/mol. The number of nitrogens with zero attached hydrogens (tertiary/aromatic N) is 3. The highest BCUT2D eigenvalue weighted by Crippen LogP contribution is 2.39. The highest BCUT2D eigenvalue weighted by molar-refractivity contribution is 7.81. The van der Waals surface area contributed by atoms with Gasteiger partial charge in [-0.15, -0.1) is 12.4 Å². The number of piperidine rings is 1. The van der Waals surface area contributed by atoms with Crippen molar-refractivity contribution in [3.05, 3.63) is 59.2 Å². The zero-order valence-corrected chi connectivity index (χ0v) is 22.0. The molecule has 0 N–H and O–H groups in total. The number of carbonyl (C=O) groups is 2. The first kappa shape index (κ1) is 27.4. The Balaban J connectivity index is 0.00000342. The molecule has 190 valence electrons. The molecule has 1 aliphatic carbocycles. The molecule has 0 spiro atoms. The highest BCUT2D eigenvalue weighted by atomic mass is 35.5. The average Bonchev–Trinajstić information content (AvgIpc) is 3.51. The maximum Gasteiger partial charge on any atom is 0.328 e. The Kier molecular flexibility index (Phi) is 8.83. The van der Waals surface area contributed by atoms with Crippen LogP contribution < -0.4 is 0 Å². The first-order valence-electron chi connectivity index (χ1n) is 11.8. The first-order valence-corrected chi connectivity index (χ1v) is 12.3. The van der Waals surface area contributed by atoms with Gasteiger partial charge in [0.1, 0.15) is 18.0 Å². The number of aromatic nitrogens is 2. The summed E-state index contributed by atoms with van der Waals surface area (Å²) in [7, 11) is 0. The molecule has 0 radical (unpaired) electrons. The number of hydrogen-bond acceptors (Lipinski definition) is 6. The number of ketones is 1. The summed E-state index contributed by atoms with van der Waals surface area (Å²) in [6.45, 7) is 6.68. The van der Waals surface area contributed by atoms with Crippen LogP contribution in [0.15, 0.2) is 42.1 Å². The molecule has 1 saturated heterocycles. The van der Waals surface area contributed by atoms with Crippen molar-refractivity contribution in [2.45, 2.75) is 63.5 Å². The van der Waals surface area contributed by atoms with Gasteiger partial charge >= 0.3 is 5.97 Å². The molecule has 4 rings (SSSR count). The predicted molar refractivity (Wildman–Crippen MR) is 139 cm³/mol. The van der Waals surface area contributed by atoms with Crippen LogP contribution in [0.3, 0.4) is 0 Å². The zero-order chi connectivity index (χ0) is 24.5. The monoisotopic (exact) mass is 521 g/mol. The summed E-state index contributed by atoms with van der Waals surface area (Å²) in [6, 6.07) is 7.81. The fraction of sp³-hybridized carbons (Fsp3) is 0.500. The van der Waals surface area contributed by atoms with Gasteiger partial charge in [0.05, 0.1) is 11.7 Å². The minimum Gasteiger partial charge on any atom is -0.459 e. The van der Waals surface area contributed by atoms with E-state index in [1.165, 1.54) is 6.07 Å². The SMILES string of the molecule is CC(C)(C)OC(=O)Cn1ccc(/C=C2/CN(C(C(=O)C3CC3)c3ccccc3F)CCC2S)n1.Cl. The summed E-state index contributed by atoms with van der Waals surface area (Å²) in [5.41, 5.74) is 1.61. The van der Waals surface area contributed by atoms with Crippen LogP contribution in [0.4, 0.5) is 4.39 Å². The summed E-state index contributed by atoms with van der Waals surface area (Å²) in [4.78, 5) is 27.4. The second kappa shape index (κ2) is 11.3. The largest absolute Gasteiger partial charge is 0.459 e. The van der Waals surface area contributed by atoms with E-state index in [0.717, 1.165) is 24.8 Å². The molecule has 1 aromatic carbocycles. The summed E-state index contributed by atoms with van der Waals surface area (Å²) in [6.07, 6.45) is 6.20. The van der Waals surface area contributed by atoms with Crippen molar-refractivity contribution in [1.29, 1.82) is 0 Å². The minimum atomic E-state index is -0.595. The summed E-state index contributed by atoms with van der Waals surface area (Å²) in [5.74, 6) is -0.573. The van der Waals surface area contributed by atoms with Crippen molar-refractivity contribution in [2.24, 2.45) is 5.92 Å². The summed E-state index contributed by atoms with van der Waals surface area (Å²) < 4.78 is 21.6. The van der Waals surface area contributed by atoms with Crippen molar-refractivity contribution in [1.82, 2.24) is 14.7 Å². The van der Waals surface area contributed by atoms with Crippen LogP contribution >= 0.6 is 25.0 Å². The lowest BCUT2D eigenvalue weighted by molar-refractivity contribution is -0.155. The van der Waals surface area contributed by atoms with Gasteiger partial charge in [-0.3, -0.25) is 19.2 Å². The van der Waals surface area contributed by atoms with Crippen molar-refractivity contribution >= 4 is 42.9 Å². The second-order valence-electron chi connectivity index (χ2n) is 10.1.